The lowest BCUT2D eigenvalue weighted by atomic mass is 9.96. The predicted molar refractivity (Wildman–Crippen MR) is 72.9 cm³/mol. The van der Waals surface area contributed by atoms with Crippen LogP contribution in [0.15, 0.2) is 27.1 Å². The van der Waals surface area contributed by atoms with Crippen molar-refractivity contribution in [1.82, 2.24) is 5.32 Å². The lowest BCUT2D eigenvalue weighted by molar-refractivity contribution is 0.445. The van der Waals surface area contributed by atoms with Gasteiger partial charge in [-0.05, 0) is 63.4 Å². The first-order chi connectivity index (χ1) is 7.44. The summed E-state index contributed by atoms with van der Waals surface area (Å²) in [6.45, 7) is 5.32. The van der Waals surface area contributed by atoms with Crippen LogP contribution in [-0.2, 0) is 6.54 Å². The van der Waals surface area contributed by atoms with Gasteiger partial charge in [0.15, 0.2) is 0 Å². The fraction of sp³-hybridized carbons (Fsp3) is 0.417. The molecule has 0 amide bonds. The number of halogens is 2. The Morgan fingerprint density at radius 1 is 1.31 bits per heavy atom. The first kappa shape index (κ1) is 13.7. The Morgan fingerprint density at radius 3 is 2.56 bits per heavy atom. The highest BCUT2D eigenvalue weighted by atomic mass is 79.9. The normalized spacial score (nSPS) is 11.2. The van der Waals surface area contributed by atoms with Crippen molar-refractivity contribution in [2.45, 2.75) is 20.4 Å². The molecule has 0 radical (unpaired) electrons. The van der Waals surface area contributed by atoms with Crippen LogP contribution in [0.1, 0.15) is 19.4 Å². The highest BCUT2D eigenvalue weighted by Crippen LogP contribution is 2.23. The van der Waals surface area contributed by atoms with Crippen molar-refractivity contribution in [1.29, 1.82) is 5.26 Å². The monoisotopic (exact) mass is 344 g/mol. The molecule has 0 saturated heterocycles. The van der Waals surface area contributed by atoms with Crippen LogP contribution in [0.2, 0.25) is 0 Å². The van der Waals surface area contributed by atoms with Crippen LogP contribution >= 0.6 is 31.9 Å². The Balaban J connectivity index is 2.50. The zero-order valence-corrected chi connectivity index (χ0v) is 12.5. The minimum absolute atomic E-state index is 0.313. The van der Waals surface area contributed by atoms with Crippen molar-refractivity contribution < 1.29 is 0 Å². The molecular weight excluding hydrogens is 332 g/mol. The van der Waals surface area contributed by atoms with E-state index >= 15 is 0 Å². The molecule has 86 valence electrons. The zero-order chi connectivity index (χ0) is 12.2. The standard InChI is InChI=1S/C12H14Br2N2/c1-12(2,7-15)8-16-6-9-3-4-10(13)11(14)5-9/h3-5,16H,6,8H2,1-2H3. The molecule has 0 fully saturated rings. The number of nitriles is 1. The van der Waals surface area contributed by atoms with Gasteiger partial charge in [-0.2, -0.15) is 5.26 Å². The third kappa shape index (κ3) is 4.25. The summed E-state index contributed by atoms with van der Waals surface area (Å²) in [5.41, 5.74) is 0.885. The summed E-state index contributed by atoms with van der Waals surface area (Å²) in [5.74, 6) is 0. The molecule has 0 bridgehead atoms. The van der Waals surface area contributed by atoms with Gasteiger partial charge >= 0.3 is 0 Å². The van der Waals surface area contributed by atoms with Crippen LogP contribution in [0, 0.1) is 16.7 Å². The second-order valence-corrected chi connectivity index (χ2v) is 6.06. The average Bonchev–Trinajstić information content (AvgIpc) is 2.23. The maximum atomic E-state index is 8.87. The smallest absolute Gasteiger partial charge is 0.0697 e. The molecule has 0 aliphatic heterocycles. The summed E-state index contributed by atoms with van der Waals surface area (Å²) in [4.78, 5) is 0. The molecular formula is C12H14Br2N2. The molecule has 0 saturated carbocycles. The highest BCUT2D eigenvalue weighted by molar-refractivity contribution is 9.13. The van der Waals surface area contributed by atoms with Crippen molar-refractivity contribution in [3.63, 3.8) is 0 Å². The summed E-state index contributed by atoms with van der Waals surface area (Å²) in [5, 5.41) is 12.1. The van der Waals surface area contributed by atoms with Gasteiger partial charge in [0.2, 0.25) is 0 Å². The van der Waals surface area contributed by atoms with E-state index in [-0.39, 0.29) is 5.41 Å². The molecule has 1 aromatic carbocycles. The molecule has 0 atom stereocenters. The third-order valence-electron chi connectivity index (χ3n) is 2.18. The lowest BCUT2D eigenvalue weighted by Gasteiger charge is -2.15. The first-order valence-corrected chi connectivity index (χ1v) is 6.59. The molecule has 0 unspecified atom stereocenters. The van der Waals surface area contributed by atoms with Crippen molar-refractivity contribution in [3.05, 3.63) is 32.7 Å². The van der Waals surface area contributed by atoms with Gasteiger partial charge in [-0.15, -0.1) is 0 Å². The van der Waals surface area contributed by atoms with Gasteiger partial charge in [-0.1, -0.05) is 6.07 Å². The maximum Gasteiger partial charge on any atom is 0.0697 e. The molecule has 4 heteroatoms. The molecule has 1 rings (SSSR count). The zero-order valence-electron chi connectivity index (χ0n) is 9.35. The first-order valence-electron chi connectivity index (χ1n) is 5.00. The topological polar surface area (TPSA) is 35.8 Å². The Bertz CT molecular complexity index is 408. The fourth-order valence-corrected chi connectivity index (χ4v) is 1.88. The van der Waals surface area contributed by atoms with E-state index in [1.807, 2.05) is 19.9 Å². The predicted octanol–water partition coefficient (Wildman–Crippen LogP) is 3.85. The minimum atomic E-state index is -0.313. The largest absolute Gasteiger partial charge is 0.311 e. The van der Waals surface area contributed by atoms with Gasteiger partial charge in [0.25, 0.3) is 0 Å². The van der Waals surface area contributed by atoms with Crippen LogP contribution in [-0.4, -0.2) is 6.54 Å². The molecule has 1 aromatic rings. The SMILES string of the molecule is CC(C)(C#N)CNCc1ccc(Br)c(Br)c1. The van der Waals surface area contributed by atoms with E-state index < -0.39 is 0 Å². The lowest BCUT2D eigenvalue weighted by Crippen LogP contribution is -2.27. The van der Waals surface area contributed by atoms with Crippen LogP contribution < -0.4 is 5.32 Å². The maximum absolute atomic E-state index is 8.87. The molecule has 0 aromatic heterocycles. The van der Waals surface area contributed by atoms with E-state index in [4.69, 9.17) is 5.26 Å². The molecule has 0 aliphatic carbocycles. The number of rotatable bonds is 4. The van der Waals surface area contributed by atoms with Crippen LogP contribution in [0.4, 0.5) is 0 Å². The molecule has 1 N–H and O–H groups in total. The van der Waals surface area contributed by atoms with Crippen LogP contribution in [0.5, 0.6) is 0 Å². The van der Waals surface area contributed by atoms with E-state index in [0.717, 1.165) is 15.5 Å². The Labute approximate surface area is 113 Å². The minimum Gasteiger partial charge on any atom is -0.311 e. The van der Waals surface area contributed by atoms with Gasteiger partial charge in [-0.25, -0.2) is 0 Å². The fourth-order valence-electron chi connectivity index (χ4n) is 1.21. The second-order valence-electron chi connectivity index (χ2n) is 4.35. The molecule has 0 heterocycles. The Morgan fingerprint density at radius 2 is 2.00 bits per heavy atom. The van der Waals surface area contributed by atoms with Crippen LogP contribution in [0.25, 0.3) is 0 Å². The Kier molecular flexibility index (Phi) is 4.97. The van der Waals surface area contributed by atoms with Crippen molar-refractivity contribution in [2.24, 2.45) is 5.41 Å². The Hall–Kier alpha value is -0.370. The van der Waals surface area contributed by atoms with E-state index in [0.29, 0.717) is 6.54 Å². The van der Waals surface area contributed by atoms with E-state index in [9.17, 15) is 0 Å². The number of hydrogen-bond donors (Lipinski definition) is 1. The van der Waals surface area contributed by atoms with Crippen LogP contribution in [0.3, 0.4) is 0 Å². The third-order valence-corrected chi connectivity index (χ3v) is 4.06. The second kappa shape index (κ2) is 5.81. The highest BCUT2D eigenvalue weighted by Gasteiger charge is 2.15. The summed E-state index contributed by atoms with van der Waals surface area (Å²) < 4.78 is 2.10. The molecule has 2 nitrogen and oxygen atoms in total. The van der Waals surface area contributed by atoms with E-state index in [1.54, 1.807) is 0 Å². The number of benzene rings is 1. The summed E-state index contributed by atoms with van der Waals surface area (Å²) in [7, 11) is 0. The molecule has 0 spiro atoms. The van der Waals surface area contributed by atoms with Gasteiger partial charge in [0.05, 0.1) is 11.5 Å². The van der Waals surface area contributed by atoms with E-state index in [2.05, 4.69) is 55.4 Å². The summed E-state index contributed by atoms with van der Waals surface area (Å²) in [6.07, 6.45) is 0. The van der Waals surface area contributed by atoms with Gasteiger partial charge in [0, 0.05) is 22.0 Å². The number of nitrogens with one attached hydrogen (secondary N) is 1. The van der Waals surface area contributed by atoms with Gasteiger partial charge < -0.3 is 5.32 Å². The number of nitrogens with zero attached hydrogens (tertiary/aromatic N) is 1. The summed E-state index contributed by atoms with van der Waals surface area (Å²) >= 11 is 6.89. The van der Waals surface area contributed by atoms with Gasteiger partial charge in [0.1, 0.15) is 0 Å². The van der Waals surface area contributed by atoms with Crippen molar-refractivity contribution >= 4 is 31.9 Å². The van der Waals surface area contributed by atoms with Crippen molar-refractivity contribution in [2.75, 3.05) is 6.54 Å². The van der Waals surface area contributed by atoms with Crippen molar-refractivity contribution in [3.8, 4) is 6.07 Å². The molecule has 16 heavy (non-hydrogen) atoms. The molecule has 0 aliphatic rings. The number of hydrogen-bond acceptors (Lipinski definition) is 2. The average molecular weight is 346 g/mol. The van der Waals surface area contributed by atoms with Gasteiger partial charge in [-0.3, -0.25) is 0 Å². The van der Waals surface area contributed by atoms with E-state index in [1.165, 1.54) is 5.56 Å². The summed E-state index contributed by atoms with van der Waals surface area (Å²) in [6, 6.07) is 8.40. The quantitative estimate of drug-likeness (QED) is 0.899.